The number of carbonyl (C=O) groups is 1. The molecule has 0 radical (unpaired) electrons. The first-order chi connectivity index (χ1) is 14.5. The second kappa shape index (κ2) is 9.04. The van der Waals surface area contributed by atoms with Crippen LogP contribution in [0.1, 0.15) is 36.8 Å². The number of thioether (sulfide) groups is 1. The van der Waals surface area contributed by atoms with E-state index in [1.54, 1.807) is 4.57 Å². The Hall–Kier alpha value is -2.60. The number of hydrogen-bond donors (Lipinski definition) is 0. The van der Waals surface area contributed by atoms with E-state index in [0.717, 1.165) is 42.7 Å². The van der Waals surface area contributed by atoms with E-state index in [0.29, 0.717) is 16.1 Å². The number of fused-ring (bicyclic) bond motifs is 1. The molecule has 156 valence electrons. The molecule has 2 aromatic carbocycles. The number of amides is 1. The summed E-state index contributed by atoms with van der Waals surface area (Å²) in [4.78, 5) is 32.9. The van der Waals surface area contributed by atoms with Crippen LogP contribution in [0.3, 0.4) is 0 Å². The minimum absolute atomic E-state index is 0.0997. The van der Waals surface area contributed by atoms with Crippen LogP contribution in [0.5, 0.6) is 0 Å². The number of nitrogens with zero attached hydrogens (tertiary/aromatic N) is 3. The van der Waals surface area contributed by atoms with Gasteiger partial charge in [-0.2, -0.15) is 0 Å². The molecule has 1 saturated heterocycles. The van der Waals surface area contributed by atoms with Crippen molar-refractivity contribution in [3.05, 3.63) is 63.9 Å². The zero-order valence-corrected chi connectivity index (χ0v) is 18.4. The van der Waals surface area contributed by atoms with Crippen LogP contribution in [0, 0.1) is 13.8 Å². The molecule has 1 amide bonds. The third-order valence-electron chi connectivity index (χ3n) is 5.62. The predicted octanol–water partition coefficient (Wildman–Crippen LogP) is 4.50. The first kappa shape index (κ1) is 20.7. The largest absolute Gasteiger partial charge is 0.342 e. The van der Waals surface area contributed by atoms with Gasteiger partial charge in [0, 0.05) is 13.1 Å². The third kappa shape index (κ3) is 4.29. The summed E-state index contributed by atoms with van der Waals surface area (Å²) >= 11 is 1.35. The molecule has 1 aliphatic rings. The zero-order chi connectivity index (χ0) is 21.1. The number of likely N-dealkylation sites (tertiary alicyclic amines) is 1. The standard InChI is InChI=1S/C24H27N3O2S/c1-17-11-12-21(18(2)15-17)27-23(29)19-9-5-6-10-20(19)25-24(27)30-16-22(28)26-13-7-3-4-8-14-26/h5-6,9-12,15H,3-4,7-8,13-14,16H2,1-2H3. The van der Waals surface area contributed by atoms with Crippen molar-refractivity contribution in [2.75, 3.05) is 18.8 Å². The van der Waals surface area contributed by atoms with Crippen LogP contribution in [0.4, 0.5) is 0 Å². The molecule has 0 bridgehead atoms. The Morgan fingerprint density at radius 3 is 2.50 bits per heavy atom. The maximum absolute atomic E-state index is 13.4. The average Bonchev–Trinajstić information content (AvgIpc) is 3.03. The van der Waals surface area contributed by atoms with E-state index in [4.69, 9.17) is 4.98 Å². The lowest BCUT2D eigenvalue weighted by Crippen LogP contribution is -2.33. The fraction of sp³-hybridized carbons (Fsp3) is 0.375. The summed E-state index contributed by atoms with van der Waals surface area (Å²) in [5.74, 6) is 0.409. The first-order valence-corrected chi connectivity index (χ1v) is 11.5. The second-order valence-electron chi connectivity index (χ2n) is 7.93. The lowest BCUT2D eigenvalue weighted by molar-refractivity contribution is -0.128. The summed E-state index contributed by atoms with van der Waals surface area (Å²) in [7, 11) is 0. The molecule has 1 aliphatic heterocycles. The average molecular weight is 422 g/mol. The van der Waals surface area contributed by atoms with Gasteiger partial charge in [0.1, 0.15) is 0 Å². The quantitative estimate of drug-likeness (QED) is 0.460. The van der Waals surface area contributed by atoms with Gasteiger partial charge in [-0.3, -0.25) is 14.2 Å². The molecule has 0 saturated carbocycles. The number of aryl methyl sites for hydroxylation is 2. The number of benzene rings is 2. The van der Waals surface area contributed by atoms with Gasteiger partial charge in [0.05, 0.1) is 22.3 Å². The Labute approximate surface area is 181 Å². The van der Waals surface area contributed by atoms with Gasteiger partial charge in [0.15, 0.2) is 5.16 Å². The Bertz CT molecular complexity index is 1130. The van der Waals surface area contributed by atoms with Crippen LogP contribution < -0.4 is 5.56 Å². The van der Waals surface area contributed by atoms with Gasteiger partial charge in [-0.05, 0) is 50.5 Å². The molecule has 0 unspecified atom stereocenters. The van der Waals surface area contributed by atoms with Crippen molar-refractivity contribution in [3.63, 3.8) is 0 Å². The molecular formula is C24H27N3O2S. The molecule has 0 atom stereocenters. The summed E-state index contributed by atoms with van der Waals surface area (Å²) in [6, 6.07) is 13.4. The van der Waals surface area contributed by atoms with Crippen molar-refractivity contribution in [2.24, 2.45) is 0 Å². The van der Waals surface area contributed by atoms with E-state index in [2.05, 4.69) is 6.07 Å². The minimum atomic E-state index is -0.0997. The number of carbonyl (C=O) groups excluding carboxylic acids is 1. The van der Waals surface area contributed by atoms with E-state index in [-0.39, 0.29) is 17.2 Å². The highest BCUT2D eigenvalue weighted by atomic mass is 32.2. The fourth-order valence-electron chi connectivity index (χ4n) is 4.02. The van der Waals surface area contributed by atoms with Gasteiger partial charge in [-0.25, -0.2) is 4.98 Å². The van der Waals surface area contributed by atoms with Crippen molar-refractivity contribution in [2.45, 2.75) is 44.7 Å². The lowest BCUT2D eigenvalue weighted by Gasteiger charge is -2.20. The summed E-state index contributed by atoms with van der Waals surface area (Å²) < 4.78 is 1.66. The first-order valence-electron chi connectivity index (χ1n) is 10.5. The van der Waals surface area contributed by atoms with Crippen molar-refractivity contribution in [1.29, 1.82) is 0 Å². The lowest BCUT2D eigenvalue weighted by atomic mass is 10.1. The molecule has 1 fully saturated rings. The topological polar surface area (TPSA) is 55.2 Å². The molecular weight excluding hydrogens is 394 g/mol. The molecule has 30 heavy (non-hydrogen) atoms. The predicted molar refractivity (Wildman–Crippen MR) is 123 cm³/mol. The van der Waals surface area contributed by atoms with Crippen LogP contribution >= 0.6 is 11.8 Å². The fourth-order valence-corrected chi connectivity index (χ4v) is 4.92. The zero-order valence-electron chi connectivity index (χ0n) is 17.6. The van der Waals surface area contributed by atoms with Crippen molar-refractivity contribution in [1.82, 2.24) is 14.5 Å². The molecule has 0 aliphatic carbocycles. The van der Waals surface area contributed by atoms with Crippen molar-refractivity contribution < 1.29 is 4.79 Å². The molecule has 1 aromatic heterocycles. The Morgan fingerprint density at radius 1 is 1.03 bits per heavy atom. The van der Waals surface area contributed by atoms with Crippen molar-refractivity contribution in [3.8, 4) is 5.69 Å². The molecule has 0 spiro atoms. The van der Waals surface area contributed by atoms with Gasteiger partial charge < -0.3 is 4.90 Å². The van der Waals surface area contributed by atoms with E-state index in [1.165, 1.54) is 24.6 Å². The van der Waals surface area contributed by atoms with Crippen LogP contribution in [-0.2, 0) is 4.79 Å². The highest BCUT2D eigenvalue weighted by molar-refractivity contribution is 7.99. The van der Waals surface area contributed by atoms with Gasteiger partial charge in [0.2, 0.25) is 5.91 Å². The van der Waals surface area contributed by atoms with Gasteiger partial charge in [-0.15, -0.1) is 0 Å². The monoisotopic (exact) mass is 421 g/mol. The molecule has 0 N–H and O–H groups in total. The van der Waals surface area contributed by atoms with Gasteiger partial charge in [0.25, 0.3) is 5.56 Å². The van der Waals surface area contributed by atoms with Crippen LogP contribution in [-0.4, -0.2) is 39.2 Å². The molecule has 6 heteroatoms. The highest BCUT2D eigenvalue weighted by Crippen LogP contribution is 2.24. The Balaban J connectivity index is 1.72. The summed E-state index contributed by atoms with van der Waals surface area (Å²) in [6.45, 7) is 5.69. The number of rotatable bonds is 4. The van der Waals surface area contributed by atoms with Crippen LogP contribution in [0.2, 0.25) is 0 Å². The van der Waals surface area contributed by atoms with E-state index in [1.807, 2.05) is 55.1 Å². The minimum Gasteiger partial charge on any atom is -0.342 e. The number of hydrogen-bond acceptors (Lipinski definition) is 4. The van der Waals surface area contributed by atoms with Crippen molar-refractivity contribution >= 4 is 28.6 Å². The summed E-state index contributed by atoms with van der Waals surface area (Å²) in [5, 5.41) is 1.15. The summed E-state index contributed by atoms with van der Waals surface area (Å²) in [6.07, 6.45) is 4.51. The Kier molecular flexibility index (Phi) is 6.23. The normalized spacial score (nSPS) is 14.7. The molecule has 3 aromatic rings. The van der Waals surface area contributed by atoms with Crippen LogP contribution in [0.15, 0.2) is 52.4 Å². The third-order valence-corrected chi connectivity index (χ3v) is 6.54. The maximum Gasteiger partial charge on any atom is 0.266 e. The summed E-state index contributed by atoms with van der Waals surface area (Å²) in [5.41, 5.74) is 3.53. The smallest absolute Gasteiger partial charge is 0.266 e. The SMILES string of the molecule is Cc1ccc(-n2c(SCC(=O)N3CCCCCC3)nc3ccccc3c2=O)c(C)c1. The van der Waals surface area contributed by atoms with Gasteiger partial charge in [-0.1, -0.05) is 54.4 Å². The van der Waals surface area contributed by atoms with E-state index >= 15 is 0 Å². The van der Waals surface area contributed by atoms with Gasteiger partial charge >= 0.3 is 0 Å². The van der Waals surface area contributed by atoms with E-state index < -0.39 is 0 Å². The molecule has 2 heterocycles. The Morgan fingerprint density at radius 2 is 1.77 bits per heavy atom. The molecule has 4 rings (SSSR count). The van der Waals surface area contributed by atoms with E-state index in [9.17, 15) is 9.59 Å². The number of para-hydroxylation sites is 1. The van der Waals surface area contributed by atoms with Crippen LogP contribution in [0.25, 0.3) is 16.6 Å². The maximum atomic E-state index is 13.4. The second-order valence-corrected chi connectivity index (χ2v) is 8.87. The molecule has 5 nitrogen and oxygen atoms in total. The highest BCUT2D eigenvalue weighted by Gasteiger charge is 2.19. The number of aromatic nitrogens is 2.